The highest BCUT2D eigenvalue weighted by Crippen LogP contribution is 2.65. The Morgan fingerprint density at radius 1 is 1.07 bits per heavy atom. The second-order valence-corrected chi connectivity index (χ2v) is 13.1. The van der Waals surface area contributed by atoms with Crippen LogP contribution >= 0.6 is 34.8 Å². The minimum absolute atomic E-state index is 0.0150. The quantitative estimate of drug-likeness (QED) is 0.284. The number of carbonyl (C=O) groups excluding carboxylic acids is 4. The van der Waals surface area contributed by atoms with Gasteiger partial charge in [-0.15, -0.1) is 23.2 Å². The third-order valence-electron chi connectivity index (χ3n) is 9.25. The first-order valence-corrected chi connectivity index (χ1v) is 14.7. The molecular formula is C29H24Cl3F3N4O6. The number of fused-ring (bicyclic) bond motifs is 4. The third-order valence-corrected chi connectivity index (χ3v) is 11.0. The Bertz CT molecular complexity index is 1720. The van der Waals surface area contributed by atoms with Crippen LogP contribution < -0.4 is 9.75 Å². The Labute approximate surface area is 269 Å². The molecule has 4 aliphatic rings. The maximum atomic E-state index is 14.1. The minimum atomic E-state index is -4.82. The van der Waals surface area contributed by atoms with E-state index < -0.39 is 74.7 Å². The molecule has 0 bridgehead atoms. The SMILES string of the molecule is COc1cc(C2C3=CCC4C(=O)N(N(C)c5nc(C(F)(F)F)ccc5Cl)C(=O)C4C3CC3(Cl)C(=O)N(C)C(=O)C23Cl)ccc1O. The topological polar surface area (TPSA) is 120 Å². The van der Waals surface area contributed by atoms with E-state index in [0.29, 0.717) is 22.2 Å². The maximum Gasteiger partial charge on any atom is 0.433 e. The highest BCUT2D eigenvalue weighted by Gasteiger charge is 2.76. The number of likely N-dealkylation sites (tertiary alicyclic amines) is 1. The number of phenolic OH excluding ortho intramolecular Hbond substituents is 1. The number of benzene rings is 1. The van der Waals surface area contributed by atoms with Gasteiger partial charge in [0.1, 0.15) is 5.69 Å². The third kappa shape index (κ3) is 4.19. The van der Waals surface area contributed by atoms with E-state index in [1.807, 2.05) is 0 Å². The van der Waals surface area contributed by atoms with Gasteiger partial charge in [-0.1, -0.05) is 29.3 Å². The van der Waals surface area contributed by atoms with E-state index in [9.17, 15) is 37.5 Å². The fraction of sp³-hybridized carbons (Fsp3) is 0.414. The van der Waals surface area contributed by atoms with Gasteiger partial charge in [0, 0.05) is 20.0 Å². The summed E-state index contributed by atoms with van der Waals surface area (Å²) < 4.78 is 45.6. The van der Waals surface area contributed by atoms with Gasteiger partial charge in [0.25, 0.3) is 23.6 Å². The summed E-state index contributed by atoms with van der Waals surface area (Å²) in [6.45, 7) is 0. The Morgan fingerprint density at radius 2 is 1.76 bits per heavy atom. The van der Waals surface area contributed by atoms with E-state index in [0.717, 1.165) is 16.0 Å². The van der Waals surface area contributed by atoms with E-state index in [-0.39, 0.29) is 29.4 Å². The van der Waals surface area contributed by atoms with Crippen LogP contribution in [0.1, 0.15) is 30.0 Å². The zero-order valence-corrected chi connectivity index (χ0v) is 26.0. The van der Waals surface area contributed by atoms with E-state index in [1.165, 1.54) is 39.4 Å². The number of ether oxygens (including phenoxy) is 1. The number of hydrazine groups is 1. The first-order chi connectivity index (χ1) is 21.0. The highest BCUT2D eigenvalue weighted by atomic mass is 35.5. The Balaban J connectivity index is 1.46. The summed E-state index contributed by atoms with van der Waals surface area (Å²) in [4.78, 5) is 55.5. The van der Waals surface area contributed by atoms with Crippen LogP contribution in [0.4, 0.5) is 19.0 Å². The molecule has 6 rings (SSSR count). The fourth-order valence-corrected chi connectivity index (χ4v) is 8.43. The molecule has 3 fully saturated rings. The number of nitrogens with zero attached hydrogens (tertiary/aromatic N) is 4. The van der Waals surface area contributed by atoms with Crippen molar-refractivity contribution in [3.05, 3.63) is 58.3 Å². The number of halogens is 6. The number of hydrogen-bond acceptors (Lipinski definition) is 8. The predicted octanol–water partition coefficient (Wildman–Crippen LogP) is 4.51. The van der Waals surface area contributed by atoms with Crippen molar-refractivity contribution in [2.75, 3.05) is 26.2 Å². The van der Waals surface area contributed by atoms with Gasteiger partial charge in [-0.25, -0.2) is 4.98 Å². The molecule has 1 aromatic carbocycles. The van der Waals surface area contributed by atoms with Crippen molar-refractivity contribution in [2.45, 2.75) is 34.7 Å². The smallest absolute Gasteiger partial charge is 0.433 e. The Hall–Kier alpha value is -3.55. The molecule has 6 atom stereocenters. The number of amides is 4. The largest absolute Gasteiger partial charge is 0.504 e. The summed E-state index contributed by atoms with van der Waals surface area (Å²) in [7, 11) is 3.77. The van der Waals surface area contributed by atoms with E-state index >= 15 is 0 Å². The number of phenols is 1. The number of anilines is 1. The van der Waals surface area contributed by atoms with Crippen molar-refractivity contribution in [3.63, 3.8) is 0 Å². The van der Waals surface area contributed by atoms with Gasteiger partial charge in [0.05, 0.1) is 24.0 Å². The molecule has 238 valence electrons. The van der Waals surface area contributed by atoms with E-state index in [4.69, 9.17) is 39.5 Å². The monoisotopic (exact) mass is 686 g/mol. The molecule has 2 saturated heterocycles. The molecule has 2 aliphatic heterocycles. The number of allylic oxidation sites excluding steroid dienone is 2. The van der Waals surface area contributed by atoms with Crippen LogP contribution in [-0.4, -0.2) is 74.6 Å². The summed E-state index contributed by atoms with van der Waals surface area (Å²) in [5.41, 5.74) is -0.432. The summed E-state index contributed by atoms with van der Waals surface area (Å²) in [5, 5.41) is 11.6. The average Bonchev–Trinajstić information content (AvgIpc) is 3.31. The van der Waals surface area contributed by atoms with Crippen LogP contribution in [0.15, 0.2) is 42.0 Å². The van der Waals surface area contributed by atoms with Gasteiger partial charge < -0.3 is 9.84 Å². The fourth-order valence-electron chi connectivity index (χ4n) is 7.18. The summed E-state index contributed by atoms with van der Waals surface area (Å²) >= 11 is 20.4. The van der Waals surface area contributed by atoms with Crippen molar-refractivity contribution >= 4 is 64.2 Å². The van der Waals surface area contributed by atoms with Crippen LogP contribution in [0.5, 0.6) is 11.5 Å². The van der Waals surface area contributed by atoms with Gasteiger partial charge in [-0.05, 0) is 48.6 Å². The molecule has 45 heavy (non-hydrogen) atoms. The van der Waals surface area contributed by atoms with Crippen molar-refractivity contribution in [2.24, 2.45) is 17.8 Å². The first kappa shape index (κ1) is 31.4. The van der Waals surface area contributed by atoms with Crippen LogP contribution in [0, 0.1) is 17.8 Å². The second-order valence-electron chi connectivity index (χ2n) is 11.4. The second kappa shape index (κ2) is 10.2. The average molecular weight is 688 g/mol. The van der Waals surface area contributed by atoms with Gasteiger partial charge >= 0.3 is 6.18 Å². The van der Waals surface area contributed by atoms with Crippen molar-refractivity contribution < 1.29 is 42.2 Å². The normalized spacial score (nSPS) is 31.1. The lowest BCUT2D eigenvalue weighted by Crippen LogP contribution is -2.60. The minimum Gasteiger partial charge on any atom is -0.504 e. The van der Waals surface area contributed by atoms with Gasteiger partial charge in [0.15, 0.2) is 27.1 Å². The number of alkyl halides is 5. The molecule has 1 N–H and O–H groups in total. The molecule has 10 nitrogen and oxygen atoms in total. The molecule has 16 heteroatoms. The first-order valence-electron chi connectivity index (χ1n) is 13.6. The van der Waals surface area contributed by atoms with Crippen LogP contribution in [0.2, 0.25) is 5.02 Å². The molecule has 3 heterocycles. The number of aromatic hydroxyl groups is 1. The predicted molar refractivity (Wildman–Crippen MR) is 155 cm³/mol. The van der Waals surface area contributed by atoms with E-state index in [2.05, 4.69) is 4.98 Å². The van der Waals surface area contributed by atoms with Crippen LogP contribution in [-0.2, 0) is 25.4 Å². The zero-order valence-electron chi connectivity index (χ0n) is 23.7. The Morgan fingerprint density at radius 3 is 2.40 bits per heavy atom. The number of imide groups is 2. The van der Waals surface area contributed by atoms with Gasteiger partial charge in [0.2, 0.25) is 0 Å². The van der Waals surface area contributed by atoms with Crippen molar-refractivity contribution in [1.29, 1.82) is 0 Å². The van der Waals surface area contributed by atoms with Crippen LogP contribution in [0.25, 0.3) is 0 Å². The Kier molecular flexibility index (Phi) is 7.15. The zero-order chi connectivity index (χ0) is 33.0. The molecule has 1 saturated carbocycles. The molecule has 4 amide bonds. The summed E-state index contributed by atoms with van der Waals surface area (Å²) in [6.07, 6.45) is -3.40. The maximum absolute atomic E-state index is 14.1. The van der Waals surface area contributed by atoms with Gasteiger partial charge in [-0.3, -0.25) is 29.1 Å². The number of hydrogen-bond donors (Lipinski definition) is 1. The lowest BCUT2D eigenvalue weighted by Gasteiger charge is -2.50. The number of aromatic nitrogens is 1. The highest BCUT2D eigenvalue weighted by molar-refractivity contribution is 6.53. The van der Waals surface area contributed by atoms with Crippen molar-refractivity contribution in [1.82, 2.24) is 14.9 Å². The molecule has 0 radical (unpaired) electrons. The number of pyridine rings is 1. The molecule has 2 aromatic rings. The lowest BCUT2D eigenvalue weighted by atomic mass is 9.56. The van der Waals surface area contributed by atoms with Crippen molar-refractivity contribution in [3.8, 4) is 11.5 Å². The molecular weight excluding hydrogens is 664 g/mol. The van der Waals surface area contributed by atoms with Crippen LogP contribution in [0.3, 0.4) is 0 Å². The number of rotatable bonds is 4. The molecule has 0 spiro atoms. The number of methoxy groups -OCH3 is 1. The van der Waals surface area contributed by atoms with Gasteiger partial charge in [-0.2, -0.15) is 18.2 Å². The van der Waals surface area contributed by atoms with E-state index in [1.54, 1.807) is 6.08 Å². The summed E-state index contributed by atoms with van der Waals surface area (Å²) in [5.74, 6) is -7.71. The number of carbonyl (C=O) groups is 4. The molecule has 6 unspecified atom stereocenters. The molecule has 2 aliphatic carbocycles. The molecule has 1 aromatic heterocycles. The summed E-state index contributed by atoms with van der Waals surface area (Å²) in [6, 6.07) is 5.93. The lowest BCUT2D eigenvalue weighted by molar-refractivity contribution is -0.141. The standard InChI is InChI=1S/C29H24Cl3F3N4O6/c1-37-25(43)27(31)11-15-13(21(28(27,32)26(37)44)12-4-8-17(40)18(10-12)45-3)5-6-14-20(15)24(42)39(23(14)41)38(2)22-16(30)7-9-19(36-22)29(33,34)35/h4-5,7-10,14-15,20-21,40H,6,11H2,1-3H3.